The zero-order chi connectivity index (χ0) is 16.5. The summed E-state index contributed by atoms with van der Waals surface area (Å²) in [4.78, 5) is 12.3. The van der Waals surface area contributed by atoms with Crippen molar-refractivity contribution in [2.45, 2.75) is 6.10 Å². The van der Waals surface area contributed by atoms with Crippen LogP contribution in [0, 0.1) is 0 Å². The van der Waals surface area contributed by atoms with Gasteiger partial charge in [0.1, 0.15) is 12.4 Å². The molecule has 0 aliphatic carbocycles. The lowest BCUT2D eigenvalue weighted by atomic mass is 10.1. The molecule has 3 aromatic carbocycles. The second-order valence-corrected chi connectivity index (χ2v) is 6.35. The van der Waals surface area contributed by atoms with E-state index in [2.05, 4.69) is 15.9 Å². The molecule has 0 aromatic heterocycles. The SMILES string of the molecule is O=C(Oc1ccc2cc(Br)ccc2c1)[C@@H]1COc2ccccc2O1. The lowest BCUT2D eigenvalue weighted by Gasteiger charge is -2.24. The Morgan fingerprint density at radius 3 is 2.62 bits per heavy atom. The Hall–Kier alpha value is -2.53. The van der Waals surface area contributed by atoms with Gasteiger partial charge in [0.25, 0.3) is 0 Å². The zero-order valence-corrected chi connectivity index (χ0v) is 14.2. The Kier molecular flexibility index (Phi) is 3.86. The number of halogens is 1. The lowest BCUT2D eigenvalue weighted by Crippen LogP contribution is -2.39. The van der Waals surface area contributed by atoms with E-state index in [4.69, 9.17) is 14.2 Å². The van der Waals surface area contributed by atoms with Gasteiger partial charge in [-0.1, -0.05) is 40.2 Å². The summed E-state index contributed by atoms with van der Waals surface area (Å²) < 4.78 is 17.7. The quantitative estimate of drug-likeness (QED) is 0.486. The summed E-state index contributed by atoms with van der Waals surface area (Å²) in [5, 5.41) is 2.06. The first-order chi connectivity index (χ1) is 11.7. The van der Waals surface area contributed by atoms with Gasteiger partial charge in [0.15, 0.2) is 11.5 Å². The molecule has 4 nitrogen and oxygen atoms in total. The molecular weight excluding hydrogens is 372 g/mol. The molecule has 0 bridgehead atoms. The third-order valence-electron chi connectivity index (χ3n) is 3.76. The van der Waals surface area contributed by atoms with E-state index in [0.29, 0.717) is 17.2 Å². The van der Waals surface area contributed by atoms with E-state index in [1.54, 1.807) is 18.2 Å². The van der Waals surface area contributed by atoms with Crippen LogP contribution in [0.2, 0.25) is 0 Å². The fraction of sp³-hybridized carbons (Fsp3) is 0.105. The predicted molar refractivity (Wildman–Crippen MR) is 93.6 cm³/mol. The summed E-state index contributed by atoms with van der Waals surface area (Å²) in [6.45, 7) is 0.135. The number of carbonyl (C=O) groups is 1. The monoisotopic (exact) mass is 384 g/mol. The highest BCUT2D eigenvalue weighted by molar-refractivity contribution is 9.10. The number of hydrogen-bond donors (Lipinski definition) is 0. The number of carbonyl (C=O) groups excluding carboxylic acids is 1. The van der Waals surface area contributed by atoms with Crippen LogP contribution in [-0.2, 0) is 4.79 Å². The molecule has 5 heteroatoms. The van der Waals surface area contributed by atoms with Gasteiger partial charge in [0.2, 0.25) is 6.10 Å². The molecule has 4 rings (SSSR count). The highest BCUT2D eigenvalue weighted by Gasteiger charge is 2.29. The molecule has 0 amide bonds. The van der Waals surface area contributed by atoms with Crippen molar-refractivity contribution >= 4 is 32.7 Å². The molecular formula is C19H13BrO4. The second-order valence-electron chi connectivity index (χ2n) is 5.44. The minimum atomic E-state index is -0.777. The van der Waals surface area contributed by atoms with Crippen LogP contribution >= 0.6 is 15.9 Å². The summed E-state index contributed by atoms with van der Waals surface area (Å²) in [6, 6.07) is 18.7. The first kappa shape index (κ1) is 15.0. The standard InChI is InChI=1S/C19H13BrO4/c20-14-7-5-13-10-15(8-6-12(13)9-14)23-19(21)18-11-22-16-3-1-2-4-17(16)24-18/h1-10,18H,11H2/t18-/m0/s1. The van der Waals surface area contributed by atoms with Gasteiger partial charge < -0.3 is 14.2 Å². The van der Waals surface area contributed by atoms with E-state index in [-0.39, 0.29) is 6.61 Å². The van der Waals surface area contributed by atoms with Gasteiger partial charge in [-0.15, -0.1) is 0 Å². The van der Waals surface area contributed by atoms with E-state index in [0.717, 1.165) is 15.2 Å². The summed E-state index contributed by atoms with van der Waals surface area (Å²) >= 11 is 3.44. The molecule has 24 heavy (non-hydrogen) atoms. The van der Waals surface area contributed by atoms with Crippen LogP contribution in [0.1, 0.15) is 0 Å². The Balaban J connectivity index is 1.51. The van der Waals surface area contributed by atoms with Crippen molar-refractivity contribution < 1.29 is 19.0 Å². The number of benzene rings is 3. The highest BCUT2D eigenvalue weighted by atomic mass is 79.9. The van der Waals surface area contributed by atoms with Gasteiger partial charge in [-0.2, -0.15) is 0 Å². The lowest BCUT2D eigenvalue weighted by molar-refractivity contribution is -0.144. The molecule has 1 aliphatic heterocycles. The van der Waals surface area contributed by atoms with Crippen LogP contribution in [0.25, 0.3) is 10.8 Å². The Labute approximate surface area is 147 Å². The summed E-state index contributed by atoms with van der Waals surface area (Å²) in [7, 11) is 0. The van der Waals surface area contributed by atoms with Gasteiger partial charge in [-0.25, -0.2) is 4.79 Å². The summed E-state index contributed by atoms with van der Waals surface area (Å²) in [5.41, 5.74) is 0. The number of rotatable bonds is 2. The molecule has 0 N–H and O–H groups in total. The Morgan fingerprint density at radius 1 is 1.00 bits per heavy atom. The van der Waals surface area contributed by atoms with Crippen LogP contribution in [-0.4, -0.2) is 18.7 Å². The molecule has 0 radical (unpaired) electrons. The third kappa shape index (κ3) is 2.95. The summed E-state index contributed by atoms with van der Waals surface area (Å²) in [5.74, 6) is 1.20. The second kappa shape index (κ2) is 6.17. The first-order valence-corrected chi connectivity index (χ1v) is 8.28. The van der Waals surface area contributed by atoms with E-state index in [1.807, 2.05) is 42.5 Å². The van der Waals surface area contributed by atoms with Gasteiger partial charge >= 0.3 is 5.97 Å². The number of hydrogen-bond acceptors (Lipinski definition) is 4. The van der Waals surface area contributed by atoms with E-state index >= 15 is 0 Å². The molecule has 0 saturated carbocycles. The maximum absolute atomic E-state index is 12.3. The number of fused-ring (bicyclic) bond motifs is 2. The normalized spacial score (nSPS) is 16.0. The smallest absolute Gasteiger partial charge is 0.356 e. The number of ether oxygens (including phenoxy) is 3. The van der Waals surface area contributed by atoms with Crippen LogP contribution in [0.5, 0.6) is 17.2 Å². The van der Waals surface area contributed by atoms with Gasteiger partial charge in [-0.3, -0.25) is 0 Å². The largest absolute Gasteiger partial charge is 0.485 e. The van der Waals surface area contributed by atoms with Gasteiger partial charge in [-0.05, 0) is 47.2 Å². The van der Waals surface area contributed by atoms with Crippen molar-refractivity contribution in [1.82, 2.24) is 0 Å². The fourth-order valence-corrected chi connectivity index (χ4v) is 2.95. The maximum Gasteiger partial charge on any atom is 0.356 e. The average molecular weight is 385 g/mol. The minimum Gasteiger partial charge on any atom is -0.485 e. The Bertz CT molecular complexity index is 922. The predicted octanol–water partition coefficient (Wildman–Crippen LogP) is 4.35. The van der Waals surface area contributed by atoms with Crippen LogP contribution in [0.3, 0.4) is 0 Å². The first-order valence-electron chi connectivity index (χ1n) is 7.48. The van der Waals surface area contributed by atoms with E-state index < -0.39 is 12.1 Å². The van der Waals surface area contributed by atoms with Gasteiger partial charge in [0, 0.05) is 4.47 Å². The van der Waals surface area contributed by atoms with E-state index in [1.165, 1.54) is 0 Å². The minimum absolute atomic E-state index is 0.135. The summed E-state index contributed by atoms with van der Waals surface area (Å²) in [6.07, 6.45) is -0.777. The molecule has 0 fully saturated rings. The van der Waals surface area contributed by atoms with E-state index in [9.17, 15) is 4.79 Å². The fourth-order valence-electron chi connectivity index (χ4n) is 2.58. The molecule has 3 aromatic rings. The van der Waals surface area contributed by atoms with Crippen molar-refractivity contribution in [2.24, 2.45) is 0 Å². The van der Waals surface area contributed by atoms with Crippen molar-refractivity contribution in [3.05, 3.63) is 65.1 Å². The molecule has 1 heterocycles. The van der Waals surface area contributed by atoms with Crippen molar-refractivity contribution in [3.63, 3.8) is 0 Å². The number of esters is 1. The van der Waals surface area contributed by atoms with Crippen LogP contribution < -0.4 is 14.2 Å². The maximum atomic E-state index is 12.3. The van der Waals surface area contributed by atoms with Crippen molar-refractivity contribution in [3.8, 4) is 17.2 Å². The molecule has 0 unspecified atom stereocenters. The van der Waals surface area contributed by atoms with Crippen molar-refractivity contribution in [2.75, 3.05) is 6.61 Å². The average Bonchev–Trinajstić information content (AvgIpc) is 2.61. The highest BCUT2D eigenvalue weighted by Crippen LogP contribution is 2.31. The molecule has 0 saturated heterocycles. The molecule has 120 valence electrons. The van der Waals surface area contributed by atoms with Crippen molar-refractivity contribution in [1.29, 1.82) is 0 Å². The van der Waals surface area contributed by atoms with Crippen LogP contribution in [0.4, 0.5) is 0 Å². The molecule has 1 aliphatic rings. The zero-order valence-electron chi connectivity index (χ0n) is 12.6. The third-order valence-corrected chi connectivity index (χ3v) is 4.26. The molecule has 0 spiro atoms. The van der Waals surface area contributed by atoms with Crippen LogP contribution in [0.15, 0.2) is 65.1 Å². The van der Waals surface area contributed by atoms with Gasteiger partial charge in [0.05, 0.1) is 0 Å². The number of para-hydroxylation sites is 2. The topological polar surface area (TPSA) is 44.8 Å². The molecule has 1 atom stereocenters. The Morgan fingerprint density at radius 2 is 1.75 bits per heavy atom.